The van der Waals surface area contributed by atoms with E-state index in [2.05, 4.69) is 32.8 Å². The summed E-state index contributed by atoms with van der Waals surface area (Å²) in [6.45, 7) is 0.910. The molecule has 3 rings (SSSR count). The normalized spacial score (nSPS) is 14.2. The molecule has 18 heavy (non-hydrogen) atoms. The molecule has 0 aromatic carbocycles. The van der Waals surface area contributed by atoms with Crippen molar-refractivity contribution in [1.82, 2.24) is 4.98 Å². The van der Waals surface area contributed by atoms with Crippen LogP contribution in [-0.2, 0) is 6.54 Å². The molecule has 2 aromatic heterocycles. The van der Waals surface area contributed by atoms with Gasteiger partial charge in [0.25, 0.3) is 0 Å². The summed E-state index contributed by atoms with van der Waals surface area (Å²) in [5, 5.41) is 13.1. The fourth-order valence-electron chi connectivity index (χ4n) is 1.98. The second-order valence-electron chi connectivity index (χ2n) is 4.51. The Bertz CT molecular complexity index is 550. The van der Waals surface area contributed by atoms with E-state index in [4.69, 9.17) is 5.26 Å². The van der Waals surface area contributed by atoms with Crippen LogP contribution in [0.4, 0.5) is 5.82 Å². The zero-order valence-corrected chi connectivity index (χ0v) is 10.7. The summed E-state index contributed by atoms with van der Waals surface area (Å²) in [4.78, 5) is 6.73. The van der Waals surface area contributed by atoms with Crippen LogP contribution in [0.1, 0.15) is 24.0 Å². The first-order chi connectivity index (χ1) is 8.86. The molecule has 2 heterocycles. The lowest BCUT2D eigenvalue weighted by molar-refractivity contribution is 0.780. The molecule has 1 aliphatic carbocycles. The Balaban J connectivity index is 1.82. The highest BCUT2D eigenvalue weighted by molar-refractivity contribution is 7.07. The topological polar surface area (TPSA) is 39.9 Å². The summed E-state index contributed by atoms with van der Waals surface area (Å²) >= 11 is 1.72. The maximum Gasteiger partial charge on any atom is 0.129 e. The zero-order valence-electron chi connectivity index (χ0n) is 9.91. The zero-order chi connectivity index (χ0) is 12.4. The lowest BCUT2D eigenvalue weighted by Gasteiger charge is -2.23. The molecule has 0 amide bonds. The average Bonchev–Trinajstić information content (AvgIpc) is 3.13. The summed E-state index contributed by atoms with van der Waals surface area (Å²) in [5.41, 5.74) is 1.95. The standard InChI is InChI=1S/C14H13N3S/c15-7-11-1-4-14(16-8-11)17(13-2-3-13)9-12-5-6-18-10-12/h1,4-6,8,10,13H,2-3,9H2. The molecule has 2 aromatic rings. The highest BCUT2D eigenvalue weighted by Crippen LogP contribution is 2.32. The van der Waals surface area contributed by atoms with E-state index in [0.717, 1.165) is 12.4 Å². The van der Waals surface area contributed by atoms with Crippen LogP contribution in [0.3, 0.4) is 0 Å². The average molecular weight is 255 g/mol. The molecule has 0 unspecified atom stereocenters. The van der Waals surface area contributed by atoms with Crippen LogP contribution in [0.25, 0.3) is 0 Å². The van der Waals surface area contributed by atoms with Crippen molar-refractivity contribution in [3.63, 3.8) is 0 Å². The minimum atomic E-state index is 0.616. The molecular formula is C14H13N3S. The number of pyridine rings is 1. The fraction of sp³-hybridized carbons (Fsp3) is 0.286. The van der Waals surface area contributed by atoms with E-state index < -0.39 is 0 Å². The van der Waals surface area contributed by atoms with Gasteiger partial charge in [0.1, 0.15) is 11.9 Å². The molecule has 90 valence electrons. The lowest BCUT2D eigenvalue weighted by Crippen LogP contribution is -2.25. The number of thiophene rings is 1. The van der Waals surface area contributed by atoms with Crippen LogP contribution in [0.15, 0.2) is 35.2 Å². The number of aromatic nitrogens is 1. The van der Waals surface area contributed by atoms with Gasteiger partial charge in [-0.15, -0.1) is 0 Å². The van der Waals surface area contributed by atoms with E-state index in [0.29, 0.717) is 11.6 Å². The Hall–Kier alpha value is -1.86. The molecule has 0 radical (unpaired) electrons. The van der Waals surface area contributed by atoms with Crippen molar-refractivity contribution < 1.29 is 0 Å². The van der Waals surface area contributed by atoms with Crippen molar-refractivity contribution in [2.45, 2.75) is 25.4 Å². The Morgan fingerprint density at radius 2 is 2.28 bits per heavy atom. The highest BCUT2D eigenvalue weighted by atomic mass is 32.1. The highest BCUT2D eigenvalue weighted by Gasteiger charge is 2.30. The predicted octanol–water partition coefficient (Wildman–Crippen LogP) is 3.18. The molecule has 0 bridgehead atoms. The molecular weight excluding hydrogens is 242 g/mol. The Morgan fingerprint density at radius 3 is 2.83 bits per heavy atom. The van der Waals surface area contributed by atoms with Gasteiger partial charge in [-0.2, -0.15) is 16.6 Å². The molecule has 3 nitrogen and oxygen atoms in total. The fourth-order valence-corrected chi connectivity index (χ4v) is 2.64. The largest absolute Gasteiger partial charge is 0.349 e. The molecule has 1 aliphatic rings. The summed E-state index contributed by atoms with van der Waals surface area (Å²) in [5.74, 6) is 0.975. The summed E-state index contributed by atoms with van der Waals surface area (Å²) < 4.78 is 0. The predicted molar refractivity (Wildman–Crippen MR) is 72.5 cm³/mol. The molecule has 0 saturated heterocycles. The maximum atomic E-state index is 8.79. The second-order valence-corrected chi connectivity index (χ2v) is 5.29. The van der Waals surface area contributed by atoms with Gasteiger partial charge in [0, 0.05) is 18.8 Å². The van der Waals surface area contributed by atoms with Crippen LogP contribution in [0, 0.1) is 11.3 Å². The Morgan fingerprint density at radius 1 is 1.39 bits per heavy atom. The maximum absolute atomic E-state index is 8.79. The molecule has 0 N–H and O–H groups in total. The van der Waals surface area contributed by atoms with Crippen LogP contribution in [-0.4, -0.2) is 11.0 Å². The smallest absolute Gasteiger partial charge is 0.129 e. The van der Waals surface area contributed by atoms with Crippen LogP contribution < -0.4 is 4.90 Å². The molecule has 0 atom stereocenters. The molecule has 0 spiro atoms. The van der Waals surface area contributed by atoms with E-state index in [1.165, 1.54) is 18.4 Å². The number of hydrogen-bond donors (Lipinski definition) is 0. The van der Waals surface area contributed by atoms with Gasteiger partial charge in [-0.3, -0.25) is 0 Å². The number of anilines is 1. The van der Waals surface area contributed by atoms with Gasteiger partial charge in [-0.1, -0.05) is 0 Å². The number of rotatable bonds is 4. The van der Waals surface area contributed by atoms with Crippen molar-refractivity contribution in [2.75, 3.05) is 4.90 Å². The van der Waals surface area contributed by atoms with E-state index in [1.54, 1.807) is 17.5 Å². The Kier molecular flexibility index (Phi) is 2.99. The van der Waals surface area contributed by atoms with Gasteiger partial charge in [-0.05, 0) is 47.4 Å². The summed E-state index contributed by atoms with van der Waals surface area (Å²) in [7, 11) is 0. The van der Waals surface area contributed by atoms with Gasteiger partial charge in [0.15, 0.2) is 0 Å². The molecule has 0 aliphatic heterocycles. The van der Waals surface area contributed by atoms with Crippen LogP contribution in [0.5, 0.6) is 0 Å². The summed E-state index contributed by atoms with van der Waals surface area (Å²) in [6.07, 6.45) is 4.13. The van der Waals surface area contributed by atoms with Gasteiger partial charge >= 0.3 is 0 Å². The van der Waals surface area contributed by atoms with Gasteiger partial charge in [-0.25, -0.2) is 4.98 Å². The van der Waals surface area contributed by atoms with E-state index in [9.17, 15) is 0 Å². The van der Waals surface area contributed by atoms with Gasteiger partial charge in [0.2, 0.25) is 0 Å². The quantitative estimate of drug-likeness (QED) is 0.842. The van der Waals surface area contributed by atoms with Crippen LogP contribution in [0.2, 0.25) is 0 Å². The van der Waals surface area contributed by atoms with E-state index in [1.807, 2.05) is 12.1 Å². The second kappa shape index (κ2) is 4.79. The lowest BCUT2D eigenvalue weighted by atomic mass is 10.2. The van der Waals surface area contributed by atoms with Gasteiger partial charge < -0.3 is 4.90 Å². The van der Waals surface area contributed by atoms with Crippen molar-refractivity contribution in [3.8, 4) is 6.07 Å². The third-order valence-corrected chi connectivity index (χ3v) is 3.82. The van der Waals surface area contributed by atoms with Crippen molar-refractivity contribution in [3.05, 3.63) is 46.3 Å². The first kappa shape index (κ1) is 11.2. The SMILES string of the molecule is N#Cc1ccc(N(Cc2ccsc2)C2CC2)nc1. The van der Waals surface area contributed by atoms with Crippen molar-refractivity contribution >= 4 is 17.2 Å². The third kappa shape index (κ3) is 2.36. The number of nitriles is 1. The molecule has 4 heteroatoms. The van der Waals surface area contributed by atoms with E-state index >= 15 is 0 Å². The van der Waals surface area contributed by atoms with Crippen molar-refractivity contribution in [1.29, 1.82) is 5.26 Å². The molecule has 1 fully saturated rings. The van der Waals surface area contributed by atoms with Gasteiger partial charge in [0.05, 0.1) is 5.56 Å². The van der Waals surface area contributed by atoms with Crippen LogP contribution >= 0.6 is 11.3 Å². The third-order valence-electron chi connectivity index (χ3n) is 3.09. The minimum Gasteiger partial charge on any atom is -0.349 e. The van der Waals surface area contributed by atoms with E-state index in [-0.39, 0.29) is 0 Å². The first-order valence-corrected chi connectivity index (χ1v) is 6.95. The first-order valence-electron chi connectivity index (χ1n) is 6.00. The summed E-state index contributed by atoms with van der Waals surface area (Å²) in [6, 6.07) is 8.66. The Labute approximate surface area is 110 Å². The number of hydrogen-bond acceptors (Lipinski definition) is 4. The monoisotopic (exact) mass is 255 g/mol. The van der Waals surface area contributed by atoms with Crippen molar-refractivity contribution in [2.24, 2.45) is 0 Å². The molecule has 1 saturated carbocycles. The minimum absolute atomic E-state index is 0.616. The number of nitrogens with zero attached hydrogens (tertiary/aromatic N) is 3.